The number of nitrogens with zero attached hydrogens (tertiary/aromatic N) is 2. The molecule has 0 aliphatic heterocycles. The quantitative estimate of drug-likeness (QED) is 0.397. The van der Waals surface area contributed by atoms with Crippen molar-refractivity contribution in [3.8, 4) is 28.5 Å². The van der Waals surface area contributed by atoms with E-state index in [1.165, 1.54) is 12.1 Å². The van der Waals surface area contributed by atoms with E-state index in [-0.39, 0.29) is 11.6 Å². The minimum Gasteiger partial charge on any atom is -0.490 e. The maximum absolute atomic E-state index is 13.9. The highest BCUT2D eigenvalue weighted by atomic mass is 19.1. The average Bonchev–Trinajstić information content (AvgIpc) is 3.29. The van der Waals surface area contributed by atoms with Crippen LogP contribution in [0.15, 0.2) is 47.1 Å². The minimum atomic E-state index is -0.931. The van der Waals surface area contributed by atoms with Gasteiger partial charge in [0.25, 0.3) is 5.91 Å². The van der Waals surface area contributed by atoms with Crippen molar-refractivity contribution in [3.63, 3.8) is 0 Å². The highest BCUT2D eigenvalue weighted by Gasteiger charge is 2.24. The second kappa shape index (κ2) is 11.8. The number of nitrogens with one attached hydrogen (secondary N) is 1. The van der Waals surface area contributed by atoms with Crippen LogP contribution in [0.25, 0.3) is 11.3 Å². The summed E-state index contributed by atoms with van der Waals surface area (Å²) in [6, 6.07) is 11.3. The first kappa shape index (κ1) is 24.0. The van der Waals surface area contributed by atoms with Gasteiger partial charge in [-0.3, -0.25) is 4.79 Å². The van der Waals surface area contributed by atoms with E-state index in [4.69, 9.17) is 18.8 Å². The molecule has 176 valence electrons. The molecule has 2 aromatic carbocycles. The van der Waals surface area contributed by atoms with Gasteiger partial charge in [-0.1, -0.05) is 32.9 Å². The monoisotopic (exact) mass is 457 g/mol. The van der Waals surface area contributed by atoms with Gasteiger partial charge in [0.2, 0.25) is 5.82 Å². The van der Waals surface area contributed by atoms with Crippen LogP contribution < -0.4 is 19.5 Å². The van der Waals surface area contributed by atoms with Crippen molar-refractivity contribution in [2.45, 2.75) is 46.1 Å². The molecule has 0 saturated carbocycles. The summed E-state index contributed by atoms with van der Waals surface area (Å²) in [6.07, 6.45) is 1.09. The van der Waals surface area contributed by atoms with Crippen LogP contribution in [0.1, 0.15) is 40.0 Å². The third kappa shape index (κ3) is 6.21. The van der Waals surface area contributed by atoms with Crippen molar-refractivity contribution in [2.75, 3.05) is 18.5 Å². The van der Waals surface area contributed by atoms with Gasteiger partial charge < -0.3 is 19.5 Å². The highest BCUT2D eigenvalue weighted by molar-refractivity contribution is 5.96. The van der Waals surface area contributed by atoms with Crippen molar-refractivity contribution in [3.05, 3.63) is 48.3 Å². The zero-order valence-electron chi connectivity index (χ0n) is 19.0. The van der Waals surface area contributed by atoms with Crippen molar-refractivity contribution >= 4 is 11.7 Å². The van der Waals surface area contributed by atoms with E-state index < -0.39 is 17.8 Å². The molecule has 3 aromatic rings. The van der Waals surface area contributed by atoms with Crippen LogP contribution in [0, 0.1) is 5.82 Å². The van der Waals surface area contributed by atoms with Crippen LogP contribution in [0.5, 0.6) is 17.2 Å². The van der Waals surface area contributed by atoms with Crippen molar-refractivity contribution in [1.29, 1.82) is 0 Å². The van der Waals surface area contributed by atoms with Crippen LogP contribution in [0.3, 0.4) is 0 Å². The zero-order chi connectivity index (χ0) is 23.6. The number of carbonyl (C=O) groups excluding carboxylic acids is 1. The maximum atomic E-state index is 13.9. The van der Waals surface area contributed by atoms with Gasteiger partial charge in [0.05, 0.1) is 13.2 Å². The molecule has 1 amide bonds. The van der Waals surface area contributed by atoms with Gasteiger partial charge in [-0.05, 0) is 59.9 Å². The Labute approximate surface area is 192 Å². The number of hydrogen-bond donors (Lipinski definition) is 1. The Morgan fingerprint density at radius 3 is 2.42 bits per heavy atom. The third-order valence-corrected chi connectivity index (χ3v) is 4.64. The van der Waals surface area contributed by atoms with E-state index in [1.54, 1.807) is 37.3 Å². The molecule has 1 N–H and O–H groups in total. The van der Waals surface area contributed by atoms with Crippen LogP contribution in [-0.4, -0.2) is 35.5 Å². The molecule has 33 heavy (non-hydrogen) atoms. The van der Waals surface area contributed by atoms with E-state index in [9.17, 15) is 9.18 Å². The van der Waals surface area contributed by atoms with Gasteiger partial charge in [0, 0.05) is 5.56 Å². The third-order valence-electron chi connectivity index (χ3n) is 4.64. The summed E-state index contributed by atoms with van der Waals surface area (Å²) in [5.41, 5.74) is 0.956. The van der Waals surface area contributed by atoms with Gasteiger partial charge >= 0.3 is 0 Å². The second-order valence-corrected chi connectivity index (χ2v) is 7.25. The molecule has 9 heteroatoms. The molecule has 0 bridgehead atoms. The molecule has 0 radical (unpaired) electrons. The molecule has 1 heterocycles. The van der Waals surface area contributed by atoms with Crippen molar-refractivity contribution in [2.24, 2.45) is 0 Å². The summed E-state index contributed by atoms with van der Waals surface area (Å²) in [4.78, 5) is 12.8. The lowest BCUT2D eigenvalue weighted by Gasteiger charge is -2.17. The fraction of sp³-hybridized carbons (Fsp3) is 0.375. The van der Waals surface area contributed by atoms with Gasteiger partial charge in [0.1, 0.15) is 0 Å². The molecule has 0 aliphatic carbocycles. The Hall–Kier alpha value is -3.62. The number of aromatic nitrogens is 2. The zero-order valence-corrected chi connectivity index (χ0v) is 19.0. The molecular weight excluding hydrogens is 429 g/mol. The molecule has 0 fully saturated rings. The normalized spacial score (nSPS) is 11.6. The SMILES string of the molecule is CCCOc1ccc(-c2nonc2NC(=O)[C@@H](CC)Oc2ccccc2F)cc1OCCC. The Morgan fingerprint density at radius 1 is 1.00 bits per heavy atom. The smallest absolute Gasteiger partial charge is 0.266 e. The summed E-state index contributed by atoms with van der Waals surface area (Å²) >= 11 is 0. The minimum absolute atomic E-state index is 0.00150. The molecule has 1 atom stereocenters. The van der Waals surface area contributed by atoms with Gasteiger partial charge in [-0.15, -0.1) is 0 Å². The Kier molecular flexibility index (Phi) is 8.63. The molecule has 0 aliphatic rings. The van der Waals surface area contributed by atoms with Crippen molar-refractivity contribution < 1.29 is 28.0 Å². The Morgan fingerprint density at radius 2 is 1.73 bits per heavy atom. The fourth-order valence-electron chi connectivity index (χ4n) is 2.98. The summed E-state index contributed by atoms with van der Waals surface area (Å²) in [5.74, 6) is 0.274. The molecule has 0 unspecified atom stereocenters. The number of hydrogen-bond acceptors (Lipinski definition) is 7. The van der Waals surface area contributed by atoms with Crippen LogP contribution in [-0.2, 0) is 4.79 Å². The predicted molar refractivity (Wildman–Crippen MR) is 121 cm³/mol. The molecule has 0 saturated heterocycles. The van der Waals surface area contributed by atoms with Crippen molar-refractivity contribution in [1.82, 2.24) is 10.3 Å². The molecule has 0 spiro atoms. The Balaban J connectivity index is 1.79. The largest absolute Gasteiger partial charge is 0.490 e. The first-order chi connectivity index (χ1) is 16.1. The number of halogens is 1. The van der Waals surface area contributed by atoms with E-state index in [1.807, 2.05) is 13.8 Å². The topological polar surface area (TPSA) is 95.7 Å². The maximum Gasteiger partial charge on any atom is 0.266 e. The van der Waals surface area contributed by atoms with E-state index in [2.05, 4.69) is 15.6 Å². The fourth-order valence-corrected chi connectivity index (χ4v) is 2.98. The average molecular weight is 458 g/mol. The number of amides is 1. The number of benzene rings is 2. The molecular formula is C24H28FN3O5. The molecule has 1 aromatic heterocycles. The number of ether oxygens (including phenoxy) is 3. The van der Waals surface area contributed by atoms with Gasteiger partial charge in [-0.25, -0.2) is 9.02 Å². The highest BCUT2D eigenvalue weighted by Crippen LogP contribution is 2.34. The summed E-state index contributed by atoms with van der Waals surface area (Å²) in [6.45, 7) is 6.89. The van der Waals surface area contributed by atoms with Gasteiger partial charge in [-0.2, -0.15) is 0 Å². The lowest BCUT2D eigenvalue weighted by Crippen LogP contribution is -2.32. The summed E-state index contributed by atoms with van der Waals surface area (Å²) in [5, 5.41) is 10.4. The van der Waals surface area contributed by atoms with E-state index in [0.717, 1.165) is 12.8 Å². The standard InChI is InChI=1S/C24H28FN3O5/c1-4-13-30-20-12-11-16(15-21(20)31-14-5-2)22-23(28-33-27-22)26-24(29)18(6-3)32-19-10-8-7-9-17(19)25/h7-12,15,18H,4-6,13-14H2,1-3H3,(H,26,28,29)/t18-/m1/s1. The lowest BCUT2D eigenvalue weighted by molar-refractivity contribution is -0.122. The van der Waals surface area contributed by atoms with Crippen LogP contribution in [0.4, 0.5) is 10.2 Å². The van der Waals surface area contributed by atoms with E-state index in [0.29, 0.717) is 42.4 Å². The molecule has 8 nitrogen and oxygen atoms in total. The number of para-hydroxylation sites is 1. The predicted octanol–water partition coefficient (Wildman–Crippen LogP) is 5.25. The van der Waals surface area contributed by atoms with Crippen LogP contribution >= 0.6 is 0 Å². The number of carbonyl (C=O) groups is 1. The Bertz CT molecular complexity index is 1060. The van der Waals surface area contributed by atoms with E-state index >= 15 is 0 Å². The summed E-state index contributed by atoms with van der Waals surface area (Å²) in [7, 11) is 0. The first-order valence-corrected chi connectivity index (χ1v) is 11.0. The first-order valence-electron chi connectivity index (χ1n) is 11.0. The number of rotatable bonds is 12. The van der Waals surface area contributed by atoms with Gasteiger partial charge in [0.15, 0.2) is 34.9 Å². The second-order valence-electron chi connectivity index (χ2n) is 7.25. The lowest BCUT2D eigenvalue weighted by atomic mass is 10.1. The van der Waals surface area contributed by atoms with Crippen LogP contribution in [0.2, 0.25) is 0 Å². The molecule has 3 rings (SSSR count). The number of anilines is 1. The summed E-state index contributed by atoms with van der Waals surface area (Å²) < 4.78 is 36.0.